The number of amides is 1. The lowest BCUT2D eigenvalue weighted by molar-refractivity contribution is -0.117. The number of furan rings is 1. The molecule has 0 bridgehead atoms. The Bertz CT molecular complexity index is 1000. The normalized spacial score (nSPS) is 12.0. The first-order valence-corrected chi connectivity index (χ1v) is 10.7. The molecule has 0 aliphatic carbocycles. The molecule has 1 amide bonds. The second kappa shape index (κ2) is 9.68. The third-order valence-electron chi connectivity index (χ3n) is 3.57. The number of nitriles is 1. The summed E-state index contributed by atoms with van der Waals surface area (Å²) in [5.41, 5.74) is -0.0861. The third-order valence-corrected chi connectivity index (χ3v) is 5.51. The molecule has 2 N–H and O–H groups in total. The van der Waals surface area contributed by atoms with Crippen LogP contribution < -0.4 is 10.0 Å². The van der Waals surface area contributed by atoms with Crippen LogP contribution in [0.25, 0.3) is 6.08 Å². The standard InChI is InChI=1S/C19H20BrN3O4S/c1-13(2)11-22-19(24)14(10-21)9-16-5-6-17(27-16)12-23-28(25,26)18-7-3-15(20)4-8-18/h3-9,13,23H,11-12H2,1-2H3,(H,22,24). The molecule has 0 aliphatic heterocycles. The van der Waals surface area contributed by atoms with E-state index in [1.54, 1.807) is 24.3 Å². The molecule has 0 saturated carbocycles. The Balaban J connectivity index is 2.04. The van der Waals surface area contributed by atoms with Gasteiger partial charge in [-0.2, -0.15) is 5.26 Å². The molecule has 2 rings (SSSR count). The first-order chi connectivity index (χ1) is 13.2. The number of carbonyl (C=O) groups is 1. The third kappa shape index (κ3) is 6.34. The van der Waals surface area contributed by atoms with Crippen LogP contribution in [0, 0.1) is 17.2 Å². The summed E-state index contributed by atoms with van der Waals surface area (Å²) >= 11 is 3.26. The van der Waals surface area contributed by atoms with E-state index in [1.165, 1.54) is 18.2 Å². The van der Waals surface area contributed by atoms with Crippen LogP contribution in [-0.2, 0) is 21.4 Å². The van der Waals surface area contributed by atoms with Crippen LogP contribution in [0.4, 0.5) is 0 Å². The van der Waals surface area contributed by atoms with Gasteiger partial charge >= 0.3 is 0 Å². The molecular formula is C19H20BrN3O4S. The average molecular weight is 466 g/mol. The minimum atomic E-state index is -3.69. The highest BCUT2D eigenvalue weighted by atomic mass is 79.9. The van der Waals surface area contributed by atoms with Crippen molar-refractivity contribution in [2.75, 3.05) is 6.54 Å². The summed E-state index contributed by atoms with van der Waals surface area (Å²) in [5, 5.41) is 11.8. The molecule has 1 aromatic heterocycles. The van der Waals surface area contributed by atoms with Gasteiger partial charge in [0.1, 0.15) is 23.2 Å². The molecule has 0 saturated heterocycles. The monoisotopic (exact) mass is 465 g/mol. The molecule has 0 fully saturated rings. The van der Waals surface area contributed by atoms with Gasteiger partial charge in [-0.25, -0.2) is 13.1 Å². The fourth-order valence-electron chi connectivity index (χ4n) is 2.11. The van der Waals surface area contributed by atoms with Crippen LogP contribution in [-0.4, -0.2) is 20.9 Å². The molecule has 1 aromatic carbocycles. The first-order valence-electron chi connectivity index (χ1n) is 8.45. The van der Waals surface area contributed by atoms with E-state index < -0.39 is 15.9 Å². The van der Waals surface area contributed by atoms with Crippen molar-refractivity contribution in [3.05, 3.63) is 58.0 Å². The number of halogens is 1. The summed E-state index contributed by atoms with van der Waals surface area (Å²) in [6, 6.07) is 11.2. The Hall–Kier alpha value is -2.41. The Morgan fingerprint density at radius 1 is 1.25 bits per heavy atom. The minimum Gasteiger partial charge on any atom is -0.460 e. The van der Waals surface area contributed by atoms with E-state index in [9.17, 15) is 13.2 Å². The predicted molar refractivity (Wildman–Crippen MR) is 108 cm³/mol. The van der Waals surface area contributed by atoms with Crippen LogP contribution in [0.3, 0.4) is 0 Å². The Labute approximate surface area is 172 Å². The van der Waals surface area contributed by atoms with Crippen LogP contribution in [0.5, 0.6) is 0 Å². The molecule has 2 aromatic rings. The van der Waals surface area contributed by atoms with Crippen LogP contribution in [0.1, 0.15) is 25.4 Å². The van der Waals surface area contributed by atoms with Gasteiger partial charge in [0, 0.05) is 17.1 Å². The topological polar surface area (TPSA) is 112 Å². The fraction of sp³-hybridized carbons (Fsp3) is 0.263. The molecule has 0 unspecified atom stereocenters. The van der Waals surface area contributed by atoms with Gasteiger partial charge in [-0.1, -0.05) is 29.8 Å². The maximum atomic E-state index is 12.3. The van der Waals surface area contributed by atoms with Crippen molar-refractivity contribution >= 4 is 37.9 Å². The maximum absolute atomic E-state index is 12.3. The fourth-order valence-corrected chi connectivity index (χ4v) is 3.37. The number of nitrogens with one attached hydrogen (secondary N) is 2. The van der Waals surface area contributed by atoms with E-state index in [2.05, 4.69) is 26.0 Å². The van der Waals surface area contributed by atoms with Gasteiger partial charge in [-0.3, -0.25) is 4.79 Å². The summed E-state index contributed by atoms with van der Waals surface area (Å²) < 4.78 is 33.3. The molecule has 28 heavy (non-hydrogen) atoms. The van der Waals surface area contributed by atoms with E-state index in [4.69, 9.17) is 9.68 Å². The van der Waals surface area contributed by atoms with E-state index >= 15 is 0 Å². The molecule has 148 valence electrons. The van der Waals surface area contributed by atoms with Crippen molar-refractivity contribution in [1.29, 1.82) is 5.26 Å². The molecular weight excluding hydrogens is 446 g/mol. The SMILES string of the molecule is CC(C)CNC(=O)C(C#N)=Cc1ccc(CNS(=O)(=O)c2ccc(Br)cc2)o1. The number of carbonyl (C=O) groups excluding carboxylic acids is 1. The molecule has 0 radical (unpaired) electrons. The first kappa shape index (κ1) is 21.9. The zero-order valence-corrected chi connectivity index (χ0v) is 17.8. The predicted octanol–water partition coefficient (Wildman–Crippen LogP) is 3.20. The van der Waals surface area contributed by atoms with Gasteiger partial charge < -0.3 is 9.73 Å². The van der Waals surface area contributed by atoms with Gasteiger partial charge in [0.15, 0.2) is 0 Å². The van der Waals surface area contributed by atoms with Crippen LogP contribution in [0.2, 0.25) is 0 Å². The van der Waals surface area contributed by atoms with Gasteiger partial charge in [0.2, 0.25) is 10.0 Å². The Kier molecular flexibility index (Phi) is 7.57. The van der Waals surface area contributed by atoms with Gasteiger partial charge in [-0.15, -0.1) is 0 Å². The lowest BCUT2D eigenvalue weighted by Crippen LogP contribution is -2.28. The zero-order valence-electron chi connectivity index (χ0n) is 15.4. The number of hydrogen-bond donors (Lipinski definition) is 2. The zero-order chi connectivity index (χ0) is 20.7. The maximum Gasteiger partial charge on any atom is 0.262 e. The Morgan fingerprint density at radius 3 is 2.54 bits per heavy atom. The van der Waals surface area contributed by atoms with Crippen LogP contribution in [0.15, 0.2) is 55.8 Å². The van der Waals surface area contributed by atoms with Crippen LogP contribution >= 0.6 is 15.9 Å². The molecule has 0 spiro atoms. The summed E-state index contributed by atoms with van der Waals surface area (Å²) in [6.07, 6.45) is 1.32. The molecule has 9 heteroatoms. The summed E-state index contributed by atoms with van der Waals surface area (Å²) in [7, 11) is -3.69. The number of sulfonamides is 1. The molecule has 0 atom stereocenters. The highest BCUT2D eigenvalue weighted by Crippen LogP contribution is 2.16. The lowest BCUT2D eigenvalue weighted by Gasteiger charge is -2.06. The van der Waals surface area contributed by atoms with E-state index in [1.807, 2.05) is 19.9 Å². The quantitative estimate of drug-likeness (QED) is 0.459. The van der Waals surface area contributed by atoms with Crippen molar-refractivity contribution in [1.82, 2.24) is 10.0 Å². The Morgan fingerprint density at radius 2 is 1.93 bits per heavy atom. The highest BCUT2D eigenvalue weighted by Gasteiger charge is 2.15. The van der Waals surface area contributed by atoms with Gasteiger partial charge in [0.05, 0.1) is 11.4 Å². The number of rotatable bonds is 8. The second-order valence-corrected chi connectivity index (χ2v) is 9.04. The number of nitrogens with zero attached hydrogens (tertiary/aromatic N) is 1. The van der Waals surface area contributed by atoms with E-state index in [0.717, 1.165) is 4.47 Å². The second-order valence-electron chi connectivity index (χ2n) is 6.36. The largest absolute Gasteiger partial charge is 0.460 e. The van der Waals surface area contributed by atoms with E-state index in [0.29, 0.717) is 12.3 Å². The van der Waals surface area contributed by atoms with Gasteiger partial charge in [-0.05, 0) is 42.3 Å². The van der Waals surface area contributed by atoms with Gasteiger partial charge in [0.25, 0.3) is 5.91 Å². The molecule has 7 nitrogen and oxygen atoms in total. The number of benzene rings is 1. The summed E-state index contributed by atoms with van der Waals surface area (Å²) in [4.78, 5) is 12.1. The van der Waals surface area contributed by atoms with Crippen molar-refractivity contribution in [2.45, 2.75) is 25.3 Å². The summed E-state index contributed by atoms with van der Waals surface area (Å²) in [6.45, 7) is 4.29. The average Bonchev–Trinajstić information content (AvgIpc) is 3.10. The smallest absolute Gasteiger partial charge is 0.262 e. The molecule has 0 aliphatic rings. The van der Waals surface area contributed by atoms with Crippen molar-refractivity contribution < 1.29 is 17.6 Å². The number of hydrogen-bond acceptors (Lipinski definition) is 5. The summed E-state index contributed by atoms with van der Waals surface area (Å²) in [5.74, 6) is 0.420. The van der Waals surface area contributed by atoms with Crippen molar-refractivity contribution in [3.63, 3.8) is 0 Å². The van der Waals surface area contributed by atoms with E-state index in [-0.39, 0.29) is 28.7 Å². The van der Waals surface area contributed by atoms with Crippen molar-refractivity contribution in [2.24, 2.45) is 5.92 Å². The minimum absolute atomic E-state index is 0.0618. The lowest BCUT2D eigenvalue weighted by atomic mass is 10.2. The highest BCUT2D eigenvalue weighted by molar-refractivity contribution is 9.10. The van der Waals surface area contributed by atoms with Crippen molar-refractivity contribution in [3.8, 4) is 6.07 Å². The molecule has 1 heterocycles.